The summed E-state index contributed by atoms with van der Waals surface area (Å²) in [6, 6.07) is 13.1. The molecule has 0 fully saturated rings. The zero-order valence-electron chi connectivity index (χ0n) is 19.3. The van der Waals surface area contributed by atoms with Gasteiger partial charge in [-0.05, 0) is 42.0 Å². The van der Waals surface area contributed by atoms with Crippen LogP contribution in [0.5, 0.6) is 11.5 Å². The normalized spacial score (nSPS) is 14.2. The zero-order valence-corrected chi connectivity index (χ0v) is 20.2. The minimum atomic E-state index is -3.51. The van der Waals surface area contributed by atoms with Gasteiger partial charge in [0.05, 0.1) is 18.0 Å². The van der Waals surface area contributed by atoms with E-state index < -0.39 is 10.0 Å². The highest BCUT2D eigenvalue weighted by atomic mass is 32.2. The highest BCUT2D eigenvalue weighted by Crippen LogP contribution is 2.36. The van der Waals surface area contributed by atoms with E-state index in [0.29, 0.717) is 23.6 Å². The molecule has 32 heavy (non-hydrogen) atoms. The summed E-state index contributed by atoms with van der Waals surface area (Å²) >= 11 is 0. The van der Waals surface area contributed by atoms with Crippen LogP contribution in [0.15, 0.2) is 42.5 Å². The van der Waals surface area contributed by atoms with Crippen molar-refractivity contribution in [2.45, 2.75) is 52.0 Å². The van der Waals surface area contributed by atoms with Crippen LogP contribution >= 0.6 is 0 Å². The van der Waals surface area contributed by atoms with E-state index in [4.69, 9.17) is 9.47 Å². The summed E-state index contributed by atoms with van der Waals surface area (Å²) in [5.41, 5.74) is 2.84. The van der Waals surface area contributed by atoms with Gasteiger partial charge in [0.1, 0.15) is 0 Å². The molecule has 0 radical (unpaired) electrons. The van der Waals surface area contributed by atoms with E-state index in [1.807, 2.05) is 19.1 Å². The van der Waals surface area contributed by atoms with Gasteiger partial charge in [0.25, 0.3) is 0 Å². The molecule has 0 aromatic heterocycles. The van der Waals surface area contributed by atoms with E-state index in [-0.39, 0.29) is 37.1 Å². The predicted molar refractivity (Wildman–Crippen MR) is 126 cm³/mol. The van der Waals surface area contributed by atoms with Gasteiger partial charge in [0.15, 0.2) is 11.5 Å². The highest BCUT2D eigenvalue weighted by Gasteiger charge is 2.22. The topological polar surface area (TPSA) is 84.9 Å². The first-order valence-electron chi connectivity index (χ1n) is 10.7. The molecule has 3 rings (SSSR count). The van der Waals surface area contributed by atoms with Crippen molar-refractivity contribution in [2.75, 3.05) is 23.9 Å². The van der Waals surface area contributed by atoms with E-state index in [2.05, 4.69) is 38.2 Å². The fourth-order valence-corrected chi connectivity index (χ4v) is 4.54. The van der Waals surface area contributed by atoms with Crippen LogP contribution in [0.3, 0.4) is 0 Å². The number of benzene rings is 2. The number of hydrogen-bond donors (Lipinski definition) is 1. The zero-order chi connectivity index (χ0) is 23.5. The molecule has 1 heterocycles. The molecule has 1 aliphatic heterocycles. The number of carbonyl (C=O) groups excluding carboxylic acids is 1. The van der Waals surface area contributed by atoms with E-state index in [1.165, 1.54) is 9.87 Å². The quantitative estimate of drug-likeness (QED) is 0.640. The average Bonchev–Trinajstić information content (AvgIpc) is 3.17. The summed E-state index contributed by atoms with van der Waals surface area (Å²) in [5, 5.41) is 3.00. The number of rotatable bonds is 8. The number of sulfonamides is 1. The van der Waals surface area contributed by atoms with Crippen molar-refractivity contribution < 1.29 is 22.7 Å². The van der Waals surface area contributed by atoms with Crippen LogP contribution in [0.2, 0.25) is 0 Å². The Bertz CT molecular complexity index is 1060. The summed E-state index contributed by atoms with van der Waals surface area (Å²) in [6.45, 7) is 8.75. The van der Waals surface area contributed by atoms with Gasteiger partial charge in [0.2, 0.25) is 22.7 Å². The Morgan fingerprint density at radius 1 is 1.09 bits per heavy atom. The van der Waals surface area contributed by atoms with Crippen LogP contribution in [0.25, 0.3) is 0 Å². The lowest BCUT2D eigenvalue weighted by atomic mass is 9.86. The molecule has 2 aromatic rings. The van der Waals surface area contributed by atoms with Crippen molar-refractivity contribution >= 4 is 21.6 Å². The van der Waals surface area contributed by atoms with Crippen molar-refractivity contribution in [1.29, 1.82) is 0 Å². The molecule has 0 saturated heterocycles. The van der Waals surface area contributed by atoms with Crippen LogP contribution < -0.4 is 19.1 Å². The first kappa shape index (κ1) is 23.9. The van der Waals surface area contributed by atoms with Gasteiger partial charge in [-0.1, -0.05) is 45.0 Å². The number of fused-ring (bicyclic) bond motifs is 1. The first-order valence-corrected chi connectivity index (χ1v) is 12.6. The second-order valence-electron chi connectivity index (χ2n) is 9.14. The van der Waals surface area contributed by atoms with Gasteiger partial charge in [-0.3, -0.25) is 9.10 Å². The van der Waals surface area contributed by atoms with Crippen LogP contribution in [-0.4, -0.2) is 33.9 Å². The number of nitrogens with zero attached hydrogens (tertiary/aromatic N) is 1. The van der Waals surface area contributed by atoms with Crippen molar-refractivity contribution in [2.24, 2.45) is 0 Å². The first-order chi connectivity index (χ1) is 14.9. The van der Waals surface area contributed by atoms with Crippen LogP contribution in [0.4, 0.5) is 5.69 Å². The van der Waals surface area contributed by atoms with Crippen molar-refractivity contribution in [1.82, 2.24) is 5.32 Å². The highest BCUT2D eigenvalue weighted by molar-refractivity contribution is 7.92. The lowest BCUT2D eigenvalue weighted by Crippen LogP contribution is -2.32. The maximum Gasteiger partial charge on any atom is 0.232 e. The lowest BCUT2D eigenvalue weighted by Gasteiger charge is -2.23. The summed E-state index contributed by atoms with van der Waals surface area (Å²) in [5.74, 6) is 0.989. The minimum absolute atomic E-state index is 0.0779. The van der Waals surface area contributed by atoms with E-state index >= 15 is 0 Å². The number of hydrogen-bond acceptors (Lipinski definition) is 5. The maximum atomic E-state index is 12.5. The molecule has 174 valence electrons. The average molecular weight is 461 g/mol. The standard InChI is InChI=1S/C24H32N2O5S/c1-17(18-8-10-19(11-9-18)24(2,3)4)25-23(27)7-6-14-26(32(5,28)29)20-12-13-21-22(15-20)31-16-30-21/h8-13,15,17H,6-7,14,16H2,1-5H3,(H,25,27)/t17-/m0/s1. The lowest BCUT2D eigenvalue weighted by molar-refractivity contribution is -0.121. The summed E-state index contributed by atoms with van der Waals surface area (Å²) in [6.07, 6.45) is 1.77. The molecule has 2 aromatic carbocycles. The Kier molecular flexibility index (Phi) is 7.03. The molecule has 0 bridgehead atoms. The fourth-order valence-electron chi connectivity index (χ4n) is 3.58. The van der Waals surface area contributed by atoms with Crippen LogP contribution in [-0.2, 0) is 20.2 Å². The summed E-state index contributed by atoms with van der Waals surface area (Å²) in [4.78, 5) is 12.5. The minimum Gasteiger partial charge on any atom is -0.454 e. The van der Waals surface area contributed by atoms with Gasteiger partial charge in [-0.25, -0.2) is 8.42 Å². The molecule has 0 unspecified atom stereocenters. The Hall–Kier alpha value is -2.74. The molecule has 1 amide bonds. The second-order valence-corrected chi connectivity index (χ2v) is 11.0. The monoisotopic (exact) mass is 460 g/mol. The number of ether oxygens (including phenoxy) is 2. The van der Waals surface area contributed by atoms with Gasteiger partial charge in [-0.15, -0.1) is 0 Å². The molecule has 0 spiro atoms. The largest absolute Gasteiger partial charge is 0.454 e. The Morgan fingerprint density at radius 2 is 1.75 bits per heavy atom. The maximum absolute atomic E-state index is 12.5. The fraction of sp³-hybridized carbons (Fsp3) is 0.458. The third kappa shape index (κ3) is 5.94. The molecule has 0 saturated carbocycles. The number of amides is 1. The molecule has 7 nitrogen and oxygen atoms in total. The van der Waals surface area contributed by atoms with Crippen molar-refractivity contribution in [3.05, 3.63) is 53.6 Å². The summed E-state index contributed by atoms with van der Waals surface area (Å²) < 4.78 is 36.6. The van der Waals surface area contributed by atoms with Crippen molar-refractivity contribution in [3.8, 4) is 11.5 Å². The third-order valence-electron chi connectivity index (χ3n) is 5.46. The van der Waals surface area contributed by atoms with Gasteiger partial charge in [-0.2, -0.15) is 0 Å². The number of nitrogens with one attached hydrogen (secondary N) is 1. The molecular weight excluding hydrogens is 428 g/mol. The van der Waals surface area contributed by atoms with E-state index in [1.54, 1.807) is 18.2 Å². The Morgan fingerprint density at radius 3 is 2.38 bits per heavy atom. The number of carbonyl (C=O) groups is 1. The molecule has 8 heteroatoms. The van der Waals surface area contributed by atoms with E-state index in [0.717, 1.165) is 11.8 Å². The Balaban J connectivity index is 1.56. The van der Waals surface area contributed by atoms with Crippen molar-refractivity contribution in [3.63, 3.8) is 0 Å². The third-order valence-corrected chi connectivity index (χ3v) is 6.66. The van der Waals surface area contributed by atoms with Gasteiger partial charge >= 0.3 is 0 Å². The molecule has 1 aliphatic rings. The SMILES string of the molecule is C[C@H](NC(=O)CCCN(c1ccc2c(c1)OCO2)S(C)(=O)=O)c1ccc(C(C)(C)C)cc1. The predicted octanol–water partition coefficient (Wildman–Crippen LogP) is 4.14. The molecular formula is C24H32N2O5S. The van der Waals surface area contributed by atoms with Gasteiger partial charge in [0, 0.05) is 19.0 Å². The molecule has 0 aliphatic carbocycles. The van der Waals surface area contributed by atoms with Crippen LogP contribution in [0, 0.1) is 0 Å². The van der Waals surface area contributed by atoms with Crippen LogP contribution in [0.1, 0.15) is 57.7 Å². The van der Waals surface area contributed by atoms with E-state index in [9.17, 15) is 13.2 Å². The Labute approximate surface area is 190 Å². The molecule has 1 N–H and O–H groups in total. The second kappa shape index (κ2) is 9.40. The number of anilines is 1. The smallest absolute Gasteiger partial charge is 0.232 e. The summed E-state index contributed by atoms with van der Waals surface area (Å²) in [7, 11) is -3.51. The molecule has 1 atom stereocenters. The van der Waals surface area contributed by atoms with Gasteiger partial charge < -0.3 is 14.8 Å².